The SMILES string of the molecule is COc1cccc(CNc2ncnc(C(C)(C)C)c2C(C)(C)C)c1. The van der Waals surface area contributed by atoms with E-state index in [0.29, 0.717) is 6.54 Å². The zero-order chi connectivity index (χ0) is 18.0. The number of aromatic nitrogens is 2. The van der Waals surface area contributed by atoms with Crippen molar-refractivity contribution in [2.45, 2.75) is 58.9 Å². The quantitative estimate of drug-likeness (QED) is 0.885. The second-order valence-corrected chi connectivity index (χ2v) is 8.15. The van der Waals surface area contributed by atoms with Gasteiger partial charge in [-0.3, -0.25) is 0 Å². The largest absolute Gasteiger partial charge is 0.497 e. The molecule has 0 amide bonds. The van der Waals surface area contributed by atoms with Crippen LogP contribution in [-0.2, 0) is 17.4 Å². The third kappa shape index (κ3) is 4.25. The molecule has 1 aromatic heterocycles. The van der Waals surface area contributed by atoms with Crippen molar-refractivity contribution in [3.8, 4) is 5.75 Å². The molecule has 130 valence electrons. The van der Waals surface area contributed by atoms with Gasteiger partial charge in [0.05, 0.1) is 12.8 Å². The molecular formula is C20H29N3O. The summed E-state index contributed by atoms with van der Waals surface area (Å²) in [5, 5.41) is 3.49. The molecule has 24 heavy (non-hydrogen) atoms. The topological polar surface area (TPSA) is 47.0 Å². The van der Waals surface area contributed by atoms with E-state index in [1.165, 1.54) is 5.56 Å². The Kier molecular flexibility index (Phi) is 5.16. The number of methoxy groups -OCH3 is 1. The summed E-state index contributed by atoms with van der Waals surface area (Å²) in [6.07, 6.45) is 1.66. The highest BCUT2D eigenvalue weighted by Gasteiger charge is 2.29. The molecule has 0 atom stereocenters. The number of nitrogens with zero attached hydrogens (tertiary/aromatic N) is 2. The fraction of sp³-hybridized carbons (Fsp3) is 0.500. The van der Waals surface area contributed by atoms with E-state index < -0.39 is 0 Å². The van der Waals surface area contributed by atoms with Gasteiger partial charge in [0.15, 0.2) is 0 Å². The van der Waals surface area contributed by atoms with E-state index in [-0.39, 0.29) is 10.8 Å². The Morgan fingerprint density at radius 3 is 2.29 bits per heavy atom. The van der Waals surface area contributed by atoms with Gasteiger partial charge in [-0.25, -0.2) is 9.97 Å². The summed E-state index contributed by atoms with van der Waals surface area (Å²) < 4.78 is 5.30. The lowest BCUT2D eigenvalue weighted by Gasteiger charge is -2.30. The van der Waals surface area contributed by atoms with Crippen molar-refractivity contribution in [2.75, 3.05) is 12.4 Å². The molecule has 0 bridgehead atoms. The zero-order valence-corrected chi connectivity index (χ0v) is 15.9. The number of rotatable bonds is 4. The van der Waals surface area contributed by atoms with Crippen LogP contribution in [0.3, 0.4) is 0 Å². The Balaban J connectivity index is 2.36. The zero-order valence-electron chi connectivity index (χ0n) is 15.9. The molecule has 0 saturated carbocycles. The van der Waals surface area contributed by atoms with Crippen molar-refractivity contribution in [2.24, 2.45) is 0 Å². The van der Waals surface area contributed by atoms with Crippen molar-refractivity contribution >= 4 is 5.82 Å². The highest BCUT2D eigenvalue weighted by atomic mass is 16.5. The minimum absolute atomic E-state index is 0.0298. The molecule has 4 heteroatoms. The van der Waals surface area contributed by atoms with E-state index in [0.717, 1.165) is 22.8 Å². The molecule has 0 radical (unpaired) electrons. The Labute approximate surface area is 145 Å². The first-order chi connectivity index (χ1) is 11.1. The molecule has 1 N–H and O–H groups in total. The van der Waals surface area contributed by atoms with E-state index in [1.54, 1.807) is 13.4 Å². The van der Waals surface area contributed by atoms with E-state index in [4.69, 9.17) is 4.74 Å². The summed E-state index contributed by atoms with van der Waals surface area (Å²) in [5.74, 6) is 1.77. The summed E-state index contributed by atoms with van der Waals surface area (Å²) in [6.45, 7) is 13.9. The first-order valence-corrected chi connectivity index (χ1v) is 8.35. The van der Waals surface area contributed by atoms with Crippen molar-refractivity contribution < 1.29 is 4.74 Å². The smallest absolute Gasteiger partial charge is 0.133 e. The van der Waals surface area contributed by atoms with E-state index in [9.17, 15) is 0 Å². The first kappa shape index (κ1) is 18.2. The molecule has 2 rings (SSSR count). The van der Waals surface area contributed by atoms with Crippen LogP contribution < -0.4 is 10.1 Å². The number of anilines is 1. The molecule has 2 aromatic rings. The van der Waals surface area contributed by atoms with E-state index in [2.05, 4.69) is 62.9 Å². The monoisotopic (exact) mass is 327 g/mol. The summed E-state index contributed by atoms with van der Waals surface area (Å²) in [7, 11) is 1.68. The number of hydrogen-bond donors (Lipinski definition) is 1. The van der Waals surface area contributed by atoms with Crippen molar-refractivity contribution in [3.63, 3.8) is 0 Å². The van der Waals surface area contributed by atoms with Crippen LogP contribution in [0, 0.1) is 0 Å². The third-order valence-electron chi connectivity index (χ3n) is 3.90. The first-order valence-electron chi connectivity index (χ1n) is 8.35. The van der Waals surface area contributed by atoms with Crippen LogP contribution >= 0.6 is 0 Å². The normalized spacial score (nSPS) is 12.1. The molecule has 0 aliphatic rings. The van der Waals surface area contributed by atoms with Crippen molar-refractivity contribution in [1.29, 1.82) is 0 Å². The lowest BCUT2D eigenvalue weighted by molar-refractivity contribution is 0.414. The van der Waals surface area contributed by atoms with E-state index >= 15 is 0 Å². The van der Waals surface area contributed by atoms with Crippen LogP contribution in [0.15, 0.2) is 30.6 Å². The van der Waals surface area contributed by atoms with Crippen LogP contribution in [-0.4, -0.2) is 17.1 Å². The maximum Gasteiger partial charge on any atom is 0.133 e. The minimum atomic E-state index is -0.0411. The van der Waals surface area contributed by atoms with Crippen LogP contribution in [0.5, 0.6) is 5.75 Å². The fourth-order valence-electron chi connectivity index (χ4n) is 2.77. The van der Waals surface area contributed by atoms with Crippen LogP contribution in [0.25, 0.3) is 0 Å². The molecule has 0 spiro atoms. The summed E-state index contributed by atoms with van der Waals surface area (Å²) >= 11 is 0. The second kappa shape index (κ2) is 6.80. The lowest BCUT2D eigenvalue weighted by Crippen LogP contribution is -2.26. The van der Waals surface area contributed by atoms with Crippen molar-refractivity contribution in [3.05, 3.63) is 47.4 Å². The summed E-state index contributed by atoms with van der Waals surface area (Å²) in [5.41, 5.74) is 3.36. The molecule has 0 unspecified atom stereocenters. The Morgan fingerprint density at radius 2 is 1.71 bits per heavy atom. The molecule has 0 saturated heterocycles. The van der Waals surface area contributed by atoms with Crippen LogP contribution in [0.4, 0.5) is 5.82 Å². The number of hydrogen-bond acceptors (Lipinski definition) is 4. The van der Waals surface area contributed by atoms with E-state index in [1.807, 2.05) is 18.2 Å². The van der Waals surface area contributed by atoms with Gasteiger partial charge in [0.25, 0.3) is 0 Å². The molecule has 0 aliphatic heterocycles. The maximum absolute atomic E-state index is 5.30. The van der Waals surface area contributed by atoms with Gasteiger partial charge in [-0.1, -0.05) is 53.7 Å². The van der Waals surface area contributed by atoms with Crippen LogP contribution in [0.1, 0.15) is 58.4 Å². The average molecular weight is 327 g/mol. The lowest BCUT2D eigenvalue weighted by atomic mass is 9.78. The fourth-order valence-corrected chi connectivity index (χ4v) is 2.77. The van der Waals surface area contributed by atoms with Crippen LogP contribution in [0.2, 0.25) is 0 Å². The van der Waals surface area contributed by atoms with Gasteiger partial charge in [0.2, 0.25) is 0 Å². The Bertz CT molecular complexity index is 697. The van der Waals surface area contributed by atoms with Gasteiger partial charge in [-0.05, 0) is 23.1 Å². The number of benzene rings is 1. The Morgan fingerprint density at radius 1 is 1.00 bits per heavy atom. The molecule has 4 nitrogen and oxygen atoms in total. The standard InChI is InChI=1S/C20H29N3O/c1-19(2,3)16-17(20(4,5)6)22-13-23-18(16)21-12-14-9-8-10-15(11-14)24-7/h8-11,13H,12H2,1-7H3,(H,21,22,23). The molecule has 1 heterocycles. The predicted molar refractivity (Wildman–Crippen MR) is 99.8 cm³/mol. The Hall–Kier alpha value is -2.10. The highest BCUT2D eigenvalue weighted by Crippen LogP contribution is 2.36. The van der Waals surface area contributed by atoms with Gasteiger partial charge in [0, 0.05) is 17.5 Å². The summed E-state index contributed by atoms with van der Waals surface area (Å²) in [6, 6.07) is 8.07. The summed E-state index contributed by atoms with van der Waals surface area (Å²) in [4.78, 5) is 9.11. The van der Waals surface area contributed by atoms with Crippen molar-refractivity contribution in [1.82, 2.24) is 9.97 Å². The number of ether oxygens (including phenoxy) is 1. The minimum Gasteiger partial charge on any atom is -0.497 e. The van der Waals surface area contributed by atoms with Gasteiger partial charge >= 0.3 is 0 Å². The number of nitrogens with one attached hydrogen (secondary N) is 1. The molecular weight excluding hydrogens is 298 g/mol. The highest BCUT2D eigenvalue weighted by molar-refractivity contribution is 5.52. The van der Waals surface area contributed by atoms with Gasteiger partial charge in [-0.15, -0.1) is 0 Å². The molecule has 1 aromatic carbocycles. The third-order valence-corrected chi connectivity index (χ3v) is 3.90. The molecule has 0 aliphatic carbocycles. The van der Waals surface area contributed by atoms with Gasteiger partial charge in [-0.2, -0.15) is 0 Å². The maximum atomic E-state index is 5.30. The predicted octanol–water partition coefficient (Wildman–Crippen LogP) is 4.69. The second-order valence-electron chi connectivity index (χ2n) is 8.15. The average Bonchev–Trinajstić information content (AvgIpc) is 2.51. The molecule has 0 fully saturated rings. The van der Waals surface area contributed by atoms with Gasteiger partial charge in [0.1, 0.15) is 17.9 Å². The van der Waals surface area contributed by atoms with Gasteiger partial charge < -0.3 is 10.1 Å².